The second kappa shape index (κ2) is 4.49. The van der Waals surface area contributed by atoms with Gasteiger partial charge in [0, 0.05) is 12.5 Å². The summed E-state index contributed by atoms with van der Waals surface area (Å²) in [5.41, 5.74) is 1.08. The zero-order valence-corrected chi connectivity index (χ0v) is 10.1. The molecule has 4 heteroatoms. The fourth-order valence-corrected chi connectivity index (χ4v) is 2.52. The van der Waals surface area contributed by atoms with Crippen LogP contribution in [0.1, 0.15) is 17.9 Å². The Morgan fingerprint density at radius 2 is 2.33 bits per heavy atom. The first-order valence-corrected chi connectivity index (χ1v) is 5.76. The van der Waals surface area contributed by atoms with Gasteiger partial charge in [0.15, 0.2) is 0 Å². The zero-order valence-electron chi connectivity index (χ0n) is 8.52. The molecule has 15 heavy (non-hydrogen) atoms. The van der Waals surface area contributed by atoms with E-state index in [-0.39, 0.29) is 5.82 Å². The number of hydrogen-bond acceptors (Lipinski definition) is 2. The largest absolute Gasteiger partial charge is 0.495 e. The average Bonchev–Trinajstić information content (AvgIpc) is 2.75. The molecular weight excluding hydrogens is 261 g/mol. The molecule has 2 rings (SSSR count). The van der Waals surface area contributed by atoms with E-state index < -0.39 is 0 Å². The molecule has 0 aromatic heterocycles. The third-order valence-electron chi connectivity index (χ3n) is 2.78. The topological polar surface area (TPSA) is 21.3 Å². The number of benzene rings is 1. The molecule has 1 aliphatic heterocycles. The van der Waals surface area contributed by atoms with Crippen molar-refractivity contribution in [2.75, 3.05) is 20.2 Å². The smallest absolute Gasteiger partial charge is 0.141 e. The van der Waals surface area contributed by atoms with Gasteiger partial charge in [0.1, 0.15) is 11.6 Å². The van der Waals surface area contributed by atoms with E-state index in [9.17, 15) is 4.39 Å². The molecule has 1 fully saturated rings. The minimum absolute atomic E-state index is 0.276. The predicted molar refractivity (Wildman–Crippen MR) is 60.9 cm³/mol. The molecule has 1 aromatic carbocycles. The van der Waals surface area contributed by atoms with Crippen LogP contribution in [0.3, 0.4) is 0 Å². The third kappa shape index (κ3) is 2.01. The summed E-state index contributed by atoms with van der Waals surface area (Å²) in [6, 6.07) is 3.30. The standard InChI is InChI=1S/C11H13BrFNO/c1-15-11-8(7-4-5-14-6-7)2-3-9(13)10(11)12/h2-3,7,14H,4-6H2,1H3. The molecule has 0 bridgehead atoms. The molecule has 1 heterocycles. The SMILES string of the molecule is COc1c(C2CCNC2)ccc(F)c1Br. The summed E-state index contributed by atoms with van der Waals surface area (Å²) in [4.78, 5) is 0. The van der Waals surface area contributed by atoms with Gasteiger partial charge in [-0.25, -0.2) is 4.39 Å². The van der Waals surface area contributed by atoms with Gasteiger partial charge >= 0.3 is 0 Å². The Kier molecular flexibility index (Phi) is 3.26. The maximum absolute atomic E-state index is 13.3. The van der Waals surface area contributed by atoms with Gasteiger partial charge in [0.05, 0.1) is 11.6 Å². The third-order valence-corrected chi connectivity index (χ3v) is 3.52. The van der Waals surface area contributed by atoms with Gasteiger partial charge in [-0.1, -0.05) is 6.07 Å². The quantitative estimate of drug-likeness (QED) is 0.895. The summed E-state index contributed by atoms with van der Waals surface area (Å²) in [5, 5.41) is 3.29. The highest BCUT2D eigenvalue weighted by molar-refractivity contribution is 9.10. The highest BCUT2D eigenvalue weighted by Crippen LogP contribution is 2.37. The van der Waals surface area contributed by atoms with Crippen LogP contribution in [0.4, 0.5) is 4.39 Å². The second-order valence-electron chi connectivity index (χ2n) is 3.67. The molecule has 1 atom stereocenters. The molecule has 0 saturated carbocycles. The van der Waals surface area contributed by atoms with Gasteiger partial charge in [-0.2, -0.15) is 0 Å². The molecule has 0 amide bonds. The van der Waals surface area contributed by atoms with Gasteiger partial charge in [0.25, 0.3) is 0 Å². The van der Waals surface area contributed by atoms with E-state index in [1.807, 2.05) is 6.07 Å². The first-order chi connectivity index (χ1) is 7.24. The van der Waals surface area contributed by atoms with Crippen molar-refractivity contribution in [2.45, 2.75) is 12.3 Å². The lowest BCUT2D eigenvalue weighted by atomic mass is 9.97. The first kappa shape index (κ1) is 10.9. The van der Waals surface area contributed by atoms with Crippen LogP contribution >= 0.6 is 15.9 Å². The lowest BCUT2D eigenvalue weighted by molar-refractivity contribution is 0.399. The highest BCUT2D eigenvalue weighted by atomic mass is 79.9. The maximum Gasteiger partial charge on any atom is 0.141 e. The Bertz CT molecular complexity index is 364. The van der Waals surface area contributed by atoms with Crippen LogP contribution in [0.5, 0.6) is 5.75 Å². The van der Waals surface area contributed by atoms with Crippen molar-refractivity contribution in [2.24, 2.45) is 0 Å². The lowest BCUT2D eigenvalue weighted by Gasteiger charge is -2.15. The highest BCUT2D eigenvalue weighted by Gasteiger charge is 2.22. The average molecular weight is 274 g/mol. The summed E-state index contributed by atoms with van der Waals surface area (Å²) < 4.78 is 19.0. The minimum Gasteiger partial charge on any atom is -0.495 e. The van der Waals surface area contributed by atoms with E-state index >= 15 is 0 Å². The molecule has 1 unspecified atom stereocenters. The molecule has 2 nitrogen and oxygen atoms in total. The monoisotopic (exact) mass is 273 g/mol. The summed E-state index contributed by atoms with van der Waals surface area (Å²) >= 11 is 3.22. The summed E-state index contributed by atoms with van der Waals surface area (Å²) in [7, 11) is 1.57. The predicted octanol–water partition coefficient (Wildman–Crippen LogP) is 2.67. The Balaban J connectivity index is 2.41. The van der Waals surface area contributed by atoms with E-state index in [0.717, 1.165) is 25.1 Å². The Morgan fingerprint density at radius 1 is 1.53 bits per heavy atom. The van der Waals surface area contributed by atoms with E-state index in [4.69, 9.17) is 4.74 Å². The van der Waals surface area contributed by atoms with E-state index in [2.05, 4.69) is 21.2 Å². The van der Waals surface area contributed by atoms with Crippen molar-refractivity contribution in [3.63, 3.8) is 0 Å². The van der Waals surface area contributed by atoms with Crippen molar-refractivity contribution in [1.29, 1.82) is 0 Å². The number of rotatable bonds is 2. The Morgan fingerprint density at radius 3 is 2.93 bits per heavy atom. The van der Waals surface area contributed by atoms with E-state index in [1.54, 1.807) is 7.11 Å². The number of methoxy groups -OCH3 is 1. The van der Waals surface area contributed by atoms with Crippen LogP contribution in [0.25, 0.3) is 0 Å². The Labute approximate surface area is 96.9 Å². The lowest BCUT2D eigenvalue weighted by Crippen LogP contribution is -2.09. The van der Waals surface area contributed by atoms with Crippen LogP contribution in [-0.4, -0.2) is 20.2 Å². The Hall–Kier alpha value is -0.610. The molecular formula is C11H13BrFNO. The molecule has 1 aromatic rings. The molecule has 0 aliphatic carbocycles. The molecule has 1 N–H and O–H groups in total. The van der Waals surface area contributed by atoms with Crippen LogP contribution in [0, 0.1) is 5.82 Å². The number of nitrogens with one attached hydrogen (secondary N) is 1. The van der Waals surface area contributed by atoms with Crippen LogP contribution in [0.2, 0.25) is 0 Å². The van der Waals surface area contributed by atoms with Crippen molar-refractivity contribution in [3.05, 3.63) is 28.0 Å². The molecule has 1 aliphatic rings. The molecule has 1 saturated heterocycles. The fraction of sp³-hybridized carbons (Fsp3) is 0.455. The molecule has 0 spiro atoms. The summed E-state index contributed by atoms with van der Waals surface area (Å²) in [5.74, 6) is 0.780. The number of hydrogen-bond donors (Lipinski definition) is 1. The van der Waals surface area contributed by atoms with E-state index in [0.29, 0.717) is 16.1 Å². The second-order valence-corrected chi connectivity index (χ2v) is 4.47. The zero-order chi connectivity index (χ0) is 10.8. The van der Waals surface area contributed by atoms with Crippen LogP contribution in [0.15, 0.2) is 16.6 Å². The van der Waals surface area contributed by atoms with Crippen molar-refractivity contribution in [1.82, 2.24) is 5.32 Å². The van der Waals surface area contributed by atoms with Gasteiger partial charge in [-0.15, -0.1) is 0 Å². The molecule has 82 valence electrons. The van der Waals surface area contributed by atoms with Crippen molar-refractivity contribution in [3.8, 4) is 5.75 Å². The van der Waals surface area contributed by atoms with Crippen LogP contribution in [-0.2, 0) is 0 Å². The van der Waals surface area contributed by atoms with E-state index in [1.165, 1.54) is 6.07 Å². The number of ether oxygens (including phenoxy) is 1. The van der Waals surface area contributed by atoms with Gasteiger partial charge < -0.3 is 10.1 Å². The summed E-state index contributed by atoms with van der Waals surface area (Å²) in [6.07, 6.45) is 1.08. The van der Waals surface area contributed by atoms with Crippen molar-refractivity contribution >= 4 is 15.9 Å². The summed E-state index contributed by atoms with van der Waals surface area (Å²) in [6.45, 7) is 1.96. The van der Waals surface area contributed by atoms with Crippen molar-refractivity contribution < 1.29 is 9.13 Å². The number of halogens is 2. The first-order valence-electron chi connectivity index (χ1n) is 4.96. The normalized spacial score (nSPS) is 20.6. The van der Waals surface area contributed by atoms with Gasteiger partial charge in [-0.05, 0) is 40.5 Å². The minimum atomic E-state index is -0.276. The fourth-order valence-electron chi connectivity index (χ4n) is 2.00. The van der Waals surface area contributed by atoms with Crippen LogP contribution < -0.4 is 10.1 Å². The van der Waals surface area contributed by atoms with Gasteiger partial charge in [0.2, 0.25) is 0 Å². The maximum atomic E-state index is 13.3. The molecule has 0 radical (unpaired) electrons. The van der Waals surface area contributed by atoms with Gasteiger partial charge in [-0.3, -0.25) is 0 Å².